The molecule has 0 saturated carbocycles. The van der Waals surface area contributed by atoms with Gasteiger partial charge in [-0.2, -0.15) is 0 Å². The molecule has 4 heteroatoms. The third-order valence-corrected chi connectivity index (χ3v) is 4.11. The molecule has 1 heterocycles. The lowest BCUT2D eigenvalue weighted by atomic mass is 9.93. The van der Waals surface area contributed by atoms with Gasteiger partial charge in [0.1, 0.15) is 12.3 Å². The first kappa shape index (κ1) is 16.3. The second-order valence-electron chi connectivity index (χ2n) is 5.76. The fourth-order valence-electron chi connectivity index (χ4n) is 2.91. The first-order chi connectivity index (χ1) is 11.8. The molecule has 2 aromatic rings. The average molecular weight is 322 g/mol. The summed E-state index contributed by atoms with van der Waals surface area (Å²) in [6, 6.07) is 17.5. The van der Waals surface area contributed by atoms with Crippen LogP contribution in [-0.2, 0) is 9.53 Å². The van der Waals surface area contributed by atoms with E-state index in [0.29, 0.717) is 13.2 Å². The Labute approximate surface area is 142 Å². The van der Waals surface area contributed by atoms with Crippen LogP contribution in [0.4, 0.5) is 0 Å². The summed E-state index contributed by atoms with van der Waals surface area (Å²) >= 11 is 0. The molecule has 1 aliphatic rings. The van der Waals surface area contributed by atoms with Gasteiger partial charge in [-0.25, -0.2) is 0 Å². The number of aldehydes is 1. The fraction of sp³-hybridized carbons (Fsp3) is 0.250. The molecule has 0 amide bonds. The molecule has 0 spiro atoms. The van der Waals surface area contributed by atoms with Crippen molar-refractivity contribution in [2.24, 2.45) is 5.73 Å². The number of unbranched alkanes of at least 4 members (excludes halogenated alkanes) is 1. The number of nitrogens with two attached hydrogens (primary N) is 1. The maximum absolute atomic E-state index is 11.6. The van der Waals surface area contributed by atoms with E-state index in [2.05, 4.69) is 5.32 Å². The number of carbonyl (C=O) groups is 1. The number of benzene rings is 2. The van der Waals surface area contributed by atoms with Crippen LogP contribution in [0.15, 0.2) is 54.6 Å². The van der Waals surface area contributed by atoms with E-state index >= 15 is 0 Å². The Balaban J connectivity index is 2.03. The van der Waals surface area contributed by atoms with Gasteiger partial charge in [-0.1, -0.05) is 54.6 Å². The Kier molecular flexibility index (Phi) is 5.29. The van der Waals surface area contributed by atoms with E-state index in [9.17, 15) is 4.79 Å². The minimum atomic E-state index is -0.368. The second kappa shape index (κ2) is 7.79. The number of fused-ring (bicyclic) bond motifs is 1. The molecule has 2 aromatic carbocycles. The summed E-state index contributed by atoms with van der Waals surface area (Å²) in [5, 5.41) is 3.33. The second-order valence-corrected chi connectivity index (χ2v) is 5.76. The smallest absolute Gasteiger partial charge is 0.150 e. The summed E-state index contributed by atoms with van der Waals surface area (Å²) in [7, 11) is 0. The number of hydrogen-bond acceptors (Lipinski definition) is 4. The molecule has 0 radical (unpaired) electrons. The minimum Gasteiger partial charge on any atom is -0.491 e. The highest BCUT2D eigenvalue weighted by Gasteiger charge is 2.27. The molecule has 1 atom stereocenters. The summed E-state index contributed by atoms with van der Waals surface area (Å²) in [4.78, 5) is 11.6. The molecule has 0 bridgehead atoms. The lowest BCUT2D eigenvalue weighted by Crippen LogP contribution is -2.28. The highest BCUT2D eigenvalue weighted by molar-refractivity contribution is 5.92. The first-order valence-electron chi connectivity index (χ1n) is 8.29. The largest absolute Gasteiger partial charge is 0.491 e. The van der Waals surface area contributed by atoms with E-state index in [1.165, 1.54) is 0 Å². The van der Waals surface area contributed by atoms with Crippen LogP contribution in [0.3, 0.4) is 0 Å². The van der Waals surface area contributed by atoms with Crippen LogP contribution >= 0.6 is 0 Å². The van der Waals surface area contributed by atoms with Gasteiger partial charge in [0.25, 0.3) is 0 Å². The molecule has 3 N–H and O–H groups in total. The number of ether oxygens (including phenoxy) is 1. The number of carbonyl (C=O) groups excluding carboxylic acids is 1. The summed E-state index contributed by atoms with van der Waals surface area (Å²) in [6.07, 6.45) is 2.77. The van der Waals surface area contributed by atoms with Crippen LogP contribution in [-0.4, -0.2) is 19.4 Å². The quantitative estimate of drug-likeness (QED) is 0.607. The van der Waals surface area contributed by atoms with Crippen molar-refractivity contribution in [3.8, 4) is 0 Å². The summed E-state index contributed by atoms with van der Waals surface area (Å²) in [5.74, 6) is 0.798. The Morgan fingerprint density at radius 1 is 1.04 bits per heavy atom. The van der Waals surface area contributed by atoms with Crippen molar-refractivity contribution in [1.29, 1.82) is 0 Å². The molecule has 3 rings (SSSR count). The molecule has 0 fully saturated rings. The third kappa shape index (κ3) is 3.34. The van der Waals surface area contributed by atoms with Crippen molar-refractivity contribution in [2.45, 2.75) is 18.9 Å². The summed E-state index contributed by atoms with van der Waals surface area (Å²) in [5.41, 5.74) is 9.35. The molecular weight excluding hydrogens is 300 g/mol. The predicted molar refractivity (Wildman–Crippen MR) is 95.9 cm³/mol. The van der Waals surface area contributed by atoms with Crippen LogP contribution in [0.1, 0.15) is 35.6 Å². The van der Waals surface area contributed by atoms with Gasteiger partial charge in [-0.05, 0) is 24.9 Å². The molecule has 0 saturated heterocycles. The SMILES string of the molecule is NCCCCOC1=C(c2ccccc2)NC(C=O)c2ccccc21. The van der Waals surface area contributed by atoms with E-state index in [-0.39, 0.29) is 6.04 Å². The standard InChI is InChI=1S/C20H22N2O2/c21-12-6-7-13-24-20-17-11-5-4-10-16(17)18(14-23)22-19(20)15-8-2-1-3-9-15/h1-5,8-11,14,18,22H,6-7,12-13,21H2. The first-order valence-corrected chi connectivity index (χ1v) is 8.29. The van der Waals surface area contributed by atoms with Crippen molar-refractivity contribution in [2.75, 3.05) is 13.2 Å². The van der Waals surface area contributed by atoms with Gasteiger partial charge in [-0.3, -0.25) is 0 Å². The number of rotatable bonds is 7. The van der Waals surface area contributed by atoms with Crippen LogP contribution < -0.4 is 11.1 Å². The molecule has 0 aliphatic carbocycles. The van der Waals surface area contributed by atoms with E-state index in [4.69, 9.17) is 10.5 Å². The lowest BCUT2D eigenvalue weighted by molar-refractivity contribution is -0.109. The van der Waals surface area contributed by atoms with E-state index in [0.717, 1.165) is 47.3 Å². The average Bonchev–Trinajstić information content (AvgIpc) is 2.65. The highest BCUT2D eigenvalue weighted by atomic mass is 16.5. The van der Waals surface area contributed by atoms with Crippen molar-refractivity contribution in [3.05, 3.63) is 71.3 Å². The zero-order valence-electron chi connectivity index (χ0n) is 13.6. The van der Waals surface area contributed by atoms with Crippen molar-refractivity contribution in [1.82, 2.24) is 5.32 Å². The number of hydrogen-bond donors (Lipinski definition) is 2. The molecule has 124 valence electrons. The van der Waals surface area contributed by atoms with Gasteiger partial charge in [0.05, 0.1) is 12.3 Å². The van der Waals surface area contributed by atoms with Gasteiger partial charge in [0.15, 0.2) is 5.76 Å². The maximum Gasteiger partial charge on any atom is 0.150 e. The molecule has 4 nitrogen and oxygen atoms in total. The topological polar surface area (TPSA) is 64.3 Å². The van der Waals surface area contributed by atoms with Crippen LogP contribution in [0.25, 0.3) is 11.5 Å². The lowest BCUT2D eigenvalue weighted by Gasteiger charge is -2.29. The van der Waals surface area contributed by atoms with Crippen LogP contribution in [0.2, 0.25) is 0 Å². The van der Waals surface area contributed by atoms with Crippen LogP contribution in [0.5, 0.6) is 0 Å². The molecular formula is C20H22N2O2. The fourth-order valence-corrected chi connectivity index (χ4v) is 2.91. The normalized spacial score (nSPS) is 16.3. The monoisotopic (exact) mass is 322 g/mol. The Morgan fingerprint density at radius 3 is 2.54 bits per heavy atom. The summed E-state index contributed by atoms with van der Waals surface area (Å²) < 4.78 is 6.12. The highest BCUT2D eigenvalue weighted by Crippen LogP contribution is 2.36. The minimum absolute atomic E-state index is 0.368. The van der Waals surface area contributed by atoms with E-state index in [1.54, 1.807) is 0 Å². The predicted octanol–water partition coefficient (Wildman–Crippen LogP) is 3.11. The Hall–Kier alpha value is -2.59. The van der Waals surface area contributed by atoms with Crippen LogP contribution in [0, 0.1) is 0 Å². The van der Waals surface area contributed by atoms with Crippen molar-refractivity contribution >= 4 is 17.7 Å². The van der Waals surface area contributed by atoms with Gasteiger partial charge < -0.3 is 20.6 Å². The van der Waals surface area contributed by atoms with E-state index < -0.39 is 0 Å². The van der Waals surface area contributed by atoms with E-state index in [1.807, 2.05) is 54.6 Å². The summed E-state index contributed by atoms with van der Waals surface area (Å²) in [6.45, 7) is 1.26. The van der Waals surface area contributed by atoms with Gasteiger partial charge >= 0.3 is 0 Å². The molecule has 24 heavy (non-hydrogen) atoms. The number of nitrogens with one attached hydrogen (secondary N) is 1. The Bertz CT molecular complexity index is 725. The van der Waals surface area contributed by atoms with Gasteiger partial charge in [0.2, 0.25) is 0 Å². The zero-order valence-corrected chi connectivity index (χ0v) is 13.6. The molecule has 1 unspecified atom stereocenters. The van der Waals surface area contributed by atoms with Gasteiger partial charge in [-0.15, -0.1) is 0 Å². The Morgan fingerprint density at radius 2 is 1.79 bits per heavy atom. The molecule has 1 aliphatic heterocycles. The van der Waals surface area contributed by atoms with Crippen molar-refractivity contribution < 1.29 is 9.53 Å². The maximum atomic E-state index is 11.6. The van der Waals surface area contributed by atoms with Gasteiger partial charge in [0, 0.05) is 11.1 Å². The third-order valence-electron chi connectivity index (χ3n) is 4.11. The zero-order chi connectivity index (χ0) is 16.8. The molecule has 0 aromatic heterocycles. The van der Waals surface area contributed by atoms with Crippen molar-refractivity contribution in [3.63, 3.8) is 0 Å².